The molecule has 0 aromatic heterocycles. The molecule has 8 heteroatoms. The fourth-order valence-corrected chi connectivity index (χ4v) is 1.68. The first-order chi connectivity index (χ1) is 7.31. The van der Waals surface area contributed by atoms with E-state index in [1.807, 2.05) is 0 Å². The van der Waals surface area contributed by atoms with Crippen molar-refractivity contribution in [2.24, 2.45) is 0 Å². The number of hydrogen-bond acceptors (Lipinski definition) is 6. The molecule has 88 valence electrons. The fraction of sp³-hybridized carbons (Fsp3) is 0.250. The number of para-hydroxylation sites is 1. The Hall–Kier alpha value is -1.51. The van der Waals surface area contributed by atoms with Crippen molar-refractivity contribution in [1.82, 2.24) is 0 Å². The Balaban J connectivity index is 3.08. The van der Waals surface area contributed by atoms with Crippen molar-refractivity contribution in [3.63, 3.8) is 0 Å². The number of nitro benzene ring substituents is 1. The molecular formula is C8H8NO6S-. The molecule has 1 rings (SSSR count). The van der Waals surface area contributed by atoms with Crippen LogP contribution >= 0.6 is 0 Å². The number of hydrogen-bond donors (Lipinski definition) is 0. The van der Waals surface area contributed by atoms with E-state index >= 15 is 0 Å². The quantitative estimate of drug-likeness (QED) is 0.341. The van der Waals surface area contributed by atoms with Crippen LogP contribution < -0.4 is 0 Å². The summed E-state index contributed by atoms with van der Waals surface area (Å²) in [6.07, 6.45) is -1.19. The lowest BCUT2D eigenvalue weighted by Gasteiger charge is -2.15. The monoisotopic (exact) mass is 246 g/mol. The van der Waals surface area contributed by atoms with Gasteiger partial charge >= 0.3 is 0 Å². The molecule has 1 atom stereocenters. The molecule has 0 fully saturated rings. The van der Waals surface area contributed by atoms with Crippen LogP contribution in [0.5, 0.6) is 0 Å². The summed E-state index contributed by atoms with van der Waals surface area (Å²) in [5, 5.41) is 10.6. The lowest BCUT2D eigenvalue weighted by atomic mass is 10.1. The first-order valence-electron chi connectivity index (χ1n) is 4.18. The van der Waals surface area contributed by atoms with Gasteiger partial charge in [0.2, 0.25) is 10.4 Å². The summed E-state index contributed by atoms with van der Waals surface area (Å²) in [7, 11) is -4.89. The summed E-state index contributed by atoms with van der Waals surface area (Å²) >= 11 is 0. The van der Waals surface area contributed by atoms with Crippen LogP contribution in [-0.2, 0) is 14.6 Å². The highest BCUT2D eigenvalue weighted by Gasteiger charge is 2.20. The summed E-state index contributed by atoms with van der Waals surface area (Å²) in [6, 6.07) is 5.44. The van der Waals surface area contributed by atoms with Gasteiger partial charge < -0.3 is 4.55 Å². The Morgan fingerprint density at radius 3 is 2.44 bits per heavy atom. The molecule has 1 aromatic carbocycles. The van der Waals surface area contributed by atoms with Gasteiger partial charge in [0, 0.05) is 6.07 Å². The van der Waals surface area contributed by atoms with E-state index in [1.54, 1.807) is 0 Å². The number of rotatable bonds is 4. The lowest BCUT2D eigenvalue weighted by molar-refractivity contribution is -0.386. The van der Waals surface area contributed by atoms with Gasteiger partial charge in [-0.3, -0.25) is 14.3 Å². The van der Waals surface area contributed by atoms with E-state index in [0.717, 1.165) is 0 Å². The highest BCUT2D eigenvalue weighted by molar-refractivity contribution is 7.80. The summed E-state index contributed by atoms with van der Waals surface area (Å²) in [4.78, 5) is 9.94. The Morgan fingerprint density at radius 2 is 1.94 bits per heavy atom. The standard InChI is InChI=1S/C8H9NO6S/c1-6(15-16(12,13)14)7-4-2-3-5-8(7)9(10)11/h2-6H,1H3,(H,12,13,14)/p-1. The van der Waals surface area contributed by atoms with Gasteiger partial charge in [-0.2, -0.15) is 0 Å². The Labute approximate surface area is 91.8 Å². The van der Waals surface area contributed by atoms with E-state index < -0.39 is 21.4 Å². The third-order valence-electron chi connectivity index (χ3n) is 1.83. The van der Waals surface area contributed by atoms with Crippen molar-refractivity contribution in [3.05, 3.63) is 39.9 Å². The number of nitro groups is 1. The zero-order valence-corrected chi connectivity index (χ0v) is 9.01. The minimum atomic E-state index is -4.89. The SMILES string of the molecule is CC(OS(=O)(=O)[O-])c1ccccc1[N+](=O)[O-]. The summed E-state index contributed by atoms with van der Waals surface area (Å²) < 4.78 is 35.2. The minimum absolute atomic E-state index is 0.0342. The summed E-state index contributed by atoms with van der Waals surface area (Å²) in [6.45, 7) is 1.25. The second-order valence-electron chi connectivity index (χ2n) is 2.96. The molecule has 0 aliphatic rings. The molecule has 7 nitrogen and oxygen atoms in total. The zero-order chi connectivity index (χ0) is 12.3. The molecule has 0 radical (unpaired) electrons. The molecule has 1 unspecified atom stereocenters. The maximum Gasteiger partial charge on any atom is 0.275 e. The average Bonchev–Trinajstić information content (AvgIpc) is 2.15. The Morgan fingerprint density at radius 1 is 1.38 bits per heavy atom. The number of nitrogens with zero attached hydrogens (tertiary/aromatic N) is 1. The summed E-state index contributed by atoms with van der Waals surface area (Å²) in [5.74, 6) is 0. The van der Waals surface area contributed by atoms with Gasteiger partial charge in [-0.25, -0.2) is 8.42 Å². The number of benzene rings is 1. The maximum atomic E-state index is 10.6. The van der Waals surface area contributed by atoms with Crippen LogP contribution in [0.15, 0.2) is 24.3 Å². The van der Waals surface area contributed by atoms with Crippen LogP contribution in [0.2, 0.25) is 0 Å². The van der Waals surface area contributed by atoms with Crippen molar-refractivity contribution in [2.75, 3.05) is 0 Å². The summed E-state index contributed by atoms with van der Waals surface area (Å²) in [5.41, 5.74) is -0.259. The first-order valence-corrected chi connectivity index (χ1v) is 5.52. The van der Waals surface area contributed by atoms with Gasteiger partial charge in [0.15, 0.2) is 0 Å². The van der Waals surface area contributed by atoms with Gasteiger partial charge in [-0.1, -0.05) is 12.1 Å². The normalized spacial score (nSPS) is 13.4. The van der Waals surface area contributed by atoms with Crippen LogP contribution in [0.1, 0.15) is 18.6 Å². The van der Waals surface area contributed by atoms with E-state index in [-0.39, 0.29) is 11.3 Å². The lowest BCUT2D eigenvalue weighted by Crippen LogP contribution is -2.10. The van der Waals surface area contributed by atoms with Gasteiger partial charge in [0.1, 0.15) is 6.10 Å². The second-order valence-corrected chi connectivity index (χ2v) is 3.97. The van der Waals surface area contributed by atoms with E-state index in [9.17, 15) is 23.1 Å². The predicted molar refractivity (Wildman–Crippen MR) is 52.3 cm³/mol. The molecule has 0 spiro atoms. The first kappa shape index (κ1) is 12.6. The Kier molecular flexibility index (Phi) is 3.58. The van der Waals surface area contributed by atoms with Gasteiger partial charge in [0.25, 0.3) is 5.69 Å². The predicted octanol–water partition coefficient (Wildman–Crippen LogP) is 1.13. The van der Waals surface area contributed by atoms with Crippen molar-refractivity contribution in [3.8, 4) is 0 Å². The smallest absolute Gasteiger partial charge is 0.275 e. The van der Waals surface area contributed by atoms with Crippen molar-refractivity contribution < 1.29 is 22.1 Å². The average molecular weight is 246 g/mol. The molecular weight excluding hydrogens is 238 g/mol. The molecule has 0 heterocycles. The van der Waals surface area contributed by atoms with Crippen molar-refractivity contribution >= 4 is 16.1 Å². The molecule has 0 saturated heterocycles. The topological polar surface area (TPSA) is 110 Å². The van der Waals surface area contributed by atoms with Crippen LogP contribution in [0.3, 0.4) is 0 Å². The van der Waals surface area contributed by atoms with Crippen molar-refractivity contribution in [1.29, 1.82) is 0 Å². The van der Waals surface area contributed by atoms with Crippen LogP contribution in [-0.4, -0.2) is 17.9 Å². The van der Waals surface area contributed by atoms with Gasteiger partial charge in [-0.05, 0) is 13.0 Å². The molecule has 16 heavy (non-hydrogen) atoms. The van der Waals surface area contributed by atoms with Gasteiger partial charge in [0.05, 0.1) is 10.5 Å². The minimum Gasteiger partial charge on any atom is -0.726 e. The van der Waals surface area contributed by atoms with Gasteiger partial charge in [-0.15, -0.1) is 0 Å². The highest BCUT2D eigenvalue weighted by atomic mass is 32.3. The highest BCUT2D eigenvalue weighted by Crippen LogP contribution is 2.27. The molecule has 1 aromatic rings. The molecule has 0 saturated carbocycles. The molecule has 0 bridgehead atoms. The van der Waals surface area contributed by atoms with E-state index in [2.05, 4.69) is 4.18 Å². The molecule has 0 amide bonds. The zero-order valence-electron chi connectivity index (χ0n) is 8.19. The van der Waals surface area contributed by atoms with Crippen molar-refractivity contribution in [2.45, 2.75) is 13.0 Å². The van der Waals surface area contributed by atoms with E-state index in [0.29, 0.717) is 0 Å². The molecule has 0 N–H and O–H groups in total. The van der Waals surface area contributed by atoms with Crippen LogP contribution in [0, 0.1) is 10.1 Å². The van der Waals surface area contributed by atoms with Crippen LogP contribution in [0.25, 0.3) is 0 Å². The Bertz CT molecular complexity index is 497. The van der Waals surface area contributed by atoms with E-state index in [4.69, 9.17) is 0 Å². The van der Waals surface area contributed by atoms with Crippen LogP contribution in [0.4, 0.5) is 5.69 Å². The fourth-order valence-electron chi connectivity index (χ4n) is 1.23. The van der Waals surface area contributed by atoms with E-state index in [1.165, 1.54) is 31.2 Å². The molecule has 0 aliphatic carbocycles. The second kappa shape index (κ2) is 4.56. The third-order valence-corrected chi connectivity index (χ3v) is 2.36. The third kappa shape index (κ3) is 3.26. The molecule has 0 aliphatic heterocycles. The maximum absolute atomic E-state index is 10.6. The largest absolute Gasteiger partial charge is 0.726 e.